The third-order valence-corrected chi connectivity index (χ3v) is 2.94. The third kappa shape index (κ3) is 3.85. The van der Waals surface area contributed by atoms with E-state index in [4.69, 9.17) is 0 Å². The summed E-state index contributed by atoms with van der Waals surface area (Å²) in [7, 11) is 0. The molecule has 1 N–H and O–H groups in total. The number of hydrogen-bond donors (Lipinski definition) is 1. The number of thiophene rings is 1. The van der Waals surface area contributed by atoms with Gasteiger partial charge in [-0.1, -0.05) is 36.4 Å². The molecule has 1 aromatic heterocycles. The molecule has 0 aliphatic carbocycles. The molecule has 1 heterocycles. The van der Waals surface area contributed by atoms with Crippen molar-refractivity contribution in [3.63, 3.8) is 0 Å². The Bertz CT molecular complexity index is 491. The van der Waals surface area contributed by atoms with Crippen LogP contribution in [0.4, 0.5) is 0 Å². The summed E-state index contributed by atoms with van der Waals surface area (Å²) in [5, 5.41) is 5.86. The van der Waals surface area contributed by atoms with E-state index in [1.54, 1.807) is 17.6 Å². The van der Waals surface area contributed by atoms with E-state index >= 15 is 0 Å². The van der Waals surface area contributed by atoms with Gasteiger partial charge in [0, 0.05) is 4.88 Å². The number of amides is 1. The summed E-state index contributed by atoms with van der Waals surface area (Å²) in [5.41, 5.74) is 3.49. The molecule has 17 heavy (non-hydrogen) atoms. The first kappa shape index (κ1) is 11.5. The van der Waals surface area contributed by atoms with Crippen molar-refractivity contribution in [3.05, 3.63) is 58.3 Å². The van der Waals surface area contributed by atoms with Gasteiger partial charge in [0.15, 0.2) is 0 Å². The van der Waals surface area contributed by atoms with Gasteiger partial charge in [-0.3, -0.25) is 4.79 Å². The van der Waals surface area contributed by atoms with Crippen molar-refractivity contribution in [2.75, 3.05) is 0 Å². The predicted molar refractivity (Wildman–Crippen MR) is 70.2 cm³/mol. The molecule has 0 saturated carbocycles. The molecule has 3 nitrogen and oxygen atoms in total. The Morgan fingerprint density at radius 3 is 2.76 bits per heavy atom. The van der Waals surface area contributed by atoms with Crippen molar-refractivity contribution in [1.82, 2.24) is 5.43 Å². The highest BCUT2D eigenvalue weighted by Crippen LogP contribution is 2.04. The topological polar surface area (TPSA) is 41.5 Å². The number of hydrazone groups is 1. The fourth-order valence-electron chi connectivity index (χ4n) is 1.35. The molecule has 0 fully saturated rings. The maximum atomic E-state index is 11.5. The molecule has 2 rings (SSSR count). The van der Waals surface area contributed by atoms with Crippen LogP contribution in [0.5, 0.6) is 0 Å². The molecular formula is C13H12N2OS. The summed E-state index contributed by atoms with van der Waals surface area (Å²) < 4.78 is 0. The van der Waals surface area contributed by atoms with Gasteiger partial charge in [-0.05, 0) is 17.0 Å². The summed E-state index contributed by atoms with van der Waals surface area (Å²) in [6.45, 7) is 0. The molecular weight excluding hydrogens is 232 g/mol. The van der Waals surface area contributed by atoms with Gasteiger partial charge in [0.25, 0.3) is 0 Å². The van der Waals surface area contributed by atoms with E-state index in [1.807, 2.05) is 47.8 Å². The lowest BCUT2D eigenvalue weighted by atomic mass is 10.1. The van der Waals surface area contributed by atoms with Gasteiger partial charge in [0.2, 0.25) is 5.91 Å². The Hall–Kier alpha value is -1.94. The normalized spacial score (nSPS) is 10.6. The van der Waals surface area contributed by atoms with Gasteiger partial charge in [-0.2, -0.15) is 5.10 Å². The average Bonchev–Trinajstić information content (AvgIpc) is 2.83. The largest absolute Gasteiger partial charge is 0.273 e. The minimum absolute atomic E-state index is 0.107. The van der Waals surface area contributed by atoms with Gasteiger partial charge in [0.1, 0.15) is 0 Å². The van der Waals surface area contributed by atoms with Crippen LogP contribution in [-0.2, 0) is 11.2 Å². The third-order valence-electron chi connectivity index (χ3n) is 2.13. The highest BCUT2D eigenvalue weighted by molar-refractivity contribution is 7.11. The molecule has 86 valence electrons. The number of carbonyl (C=O) groups excluding carboxylic acids is 1. The zero-order valence-electron chi connectivity index (χ0n) is 9.17. The molecule has 1 aromatic carbocycles. The second-order valence-corrected chi connectivity index (χ2v) is 4.45. The standard InChI is InChI=1S/C13H12N2OS/c16-13(9-11-5-2-1-3-6-11)15-14-10-12-7-4-8-17-12/h1-8,10H,9H2,(H,15,16)/b14-10+. The summed E-state index contributed by atoms with van der Waals surface area (Å²) in [4.78, 5) is 12.5. The van der Waals surface area contributed by atoms with E-state index in [0.29, 0.717) is 6.42 Å². The van der Waals surface area contributed by atoms with E-state index in [1.165, 1.54) is 0 Å². The number of nitrogens with one attached hydrogen (secondary N) is 1. The zero-order chi connectivity index (χ0) is 11.9. The molecule has 0 aliphatic heterocycles. The Labute approximate surface area is 104 Å². The summed E-state index contributed by atoms with van der Waals surface area (Å²) in [6, 6.07) is 13.5. The van der Waals surface area contributed by atoms with Crippen molar-refractivity contribution in [3.8, 4) is 0 Å². The lowest BCUT2D eigenvalue weighted by molar-refractivity contribution is -0.120. The van der Waals surface area contributed by atoms with Crippen molar-refractivity contribution < 1.29 is 4.79 Å². The van der Waals surface area contributed by atoms with Crippen LogP contribution in [0, 0.1) is 0 Å². The first-order valence-corrected chi connectivity index (χ1v) is 6.12. The number of carbonyl (C=O) groups is 1. The minimum Gasteiger partial charge on any atom is -0.273 e. The molecule has 2 aromatic rings. The molecule has 1 amide bonds. The number of rotatable bonds is 4. The van der Waals surface area contributed by atoms with E-state index in [9.17, 15) is 4.79 Å². The molecule has 0 aliphatic rings. The monoisotopic (exact) mass is 244 g/mol. The van der Waals surface area contributed by atoms with Gasteiger partial charge in [-0.15, -0.1) is 11.3 Å². The predicted octanol–water partition coefficient (Wildman–Crippen LogP) is 2.44. The molecule has 0 radical (unpaired) electrons. The average molecular weight is 244 g/mol. The SMILES string of the molecule is O=C(Cc1ccccc1)N/N=C/c1cccs1. The molecule has 0 bridgehead atoms. The van der Waals surface area contributed by atoms with E-state index in [-0.39, 0.29) is 5.91 Å². The van der Waals surface area contributed by atoms with Crippen LogP contribution in [0.25, 0.3) is 0 Å². The first-order valence-electron chi connectivity index (χ1n) is 5.24. The maximum Gasteiger partial charge on any atom is 0.244 e. The van der Waals surface area contributed by atoms with Crippen LogP contribution in [-0.4, -0.2) is 12.1 Å². The Kier molecular flexibility index (Phi) is 4.05. The smallest absolute Gasteiger partial charge is 0.244 e. The number of nitrogens with zero attached hydrogens (tertiary/aromatic N) is 1. The van der Waals surface area contributed by atoms with Gasteiger partial charge < -0.3 is 0 Å². The second kappa shape index (κ2) is 5.96. The fraction of sp³-hybridized carbons (Fsp3) is 0.0769. The van der Waals surface area contributed by atoms with Gasteiger partial charge in [0.05, 0.1) is 12.6 Å². The summed E-state index contributed by atoms with van der Waals surface area (Å²) in [5.74, 6) is -0.107. The van der Waals surface area contributed by atoms with Gasteiger partial charge in [-0.25, -0.2) is 5.43 Å². The summed E-state index contributed by atoms with van der Waals surface area (Å²) >= 11 is 1.58. The highest BCUT2D eigenvalue weighted by Gasteiger charge is 2.00. The Morgan fingerprint density at radius 2 is 2.06 bits per heavy atom. The minimum atomic E-state index is -0.107. The summed E-state index contributed by atoms with van der Waals surface area (Å²) in [6.07, 6.45) is 2.00. The van der Waals surface area contributed by atoms with Crippen molar-refractivity contribution in [1.29, 1.82) is 0 Å². The van der Waals surface area contributed by atoms with Crippen LogP contribution in [0.15, 0.2) is 52.9 Å². The van der Waals surface area contributed by atoms with Gasteiger partial charge >= 0.3 is 0 Å². The second-order valence-electron chi connectivity index (χ2n) is 3.47. The maximum absolute atomic E-state index is 11.5. The van der Waals surface area contributed by atoms with Crippen LogP contribution >= 0.6 is 11.3 Å². The van der Waals surface area contributed by atoms with Crippen molar-refractivity contribution in [2.45, 2.75) is 6.42 Å². The van der Waals surface area contributed by atoms with Crippen LogP contribution in [0.3, 0.4) is 0 Å². The fourth-order valence-corrected chi connectivity index (χ4v) is 1.94. The number of benzene rings is 1. The van der Waals surface area contributed by atoms with Crippen molar-refractivity contribution >= 4 is 23.5 Å². The van der Waals surface area contributed by atoms with Crippen LogP contribution < -0.4 is 5.43 Å². The van der Waals surface area contributed by atoms with E-state index in [0.717, 1.165) is 10.4 Å². The van der Waals surface area contributed by atoms with E-state index in [2.05, 4.69) is 10.5 Å². The van der Waals surface area contributed by atoms with E-state index < -0.39 is 0 Å². The lowest BCUT2D eigenvalue weighted by Gasteiger charge is -1.99. The molecule has 0 unspecified atom stereocenters. The van der Waals surface area contributed by atoms with Crippen LogP contribution in [0.1, 0.15) is 10.4 Å². The first-order chi connectivity index (χ1) is 8.34. The zero-order valence-corrected chi connectivity index (χ0v) is 9.98. The molecule has 4 heteroatoms. The lowest BCUT2D eigenvalue weighted by Crippen LogP contribution is -2.19. The van der Waals surface area contributed by atoms with Crippen LogP contribution in [0.2, 0.25) is 0 Å². The van der Waals surface area contributed by atoms with Crippen molar-refractivity contribution in [2.24, 2.45) is 5.10 Å². The molecule has 0 atom stereocenters. The number of hydrogen-bond acceptors (Lipinski definition) is 3. The quantitative estimate of drug-likeness (QED) is 0.651. The Balaban J connectivity index is 1.82. The molecule has 0 spiro atoms. The molecule has 0 saturated heterocycles. The highest BCUT2D eigenvalue weighted by atomic mass is 32.1. The Morgan fingerprint density at radius 1 is 1.24 bits per heavy atom.